The van der Waals surface area contributed by atoms with E-state index in [1.807, 2.05) is 0 Å². The van der Waals surface area contributed by atoms with Crippen molar-refractivity contribution in [3.05, 3.63) is 41.5 Å². The Labute approximate surface area is 112 Å². The van der Waals surface area contributed by atoms with Crippen LogP contribution in [0.15, 0.2) is 30.4 Å². The molecule has 0 aromatic heterocycles. The molecule has 1 rings (SSSR count). The van der Waals surface area contributed by atoms with E-state index in [9.17, 15) is 0 Å². The van der Waals surface area contributed by atoms with E-state index in [1.54, 1.807) is 7.11 Å². The third kappa shape index (κ3) is 4.21. The highest BCUT2D eigenvalue weighted by Gasteiger charge is 2.09. The molecule has 1 unspecified atom stereocenters. The van der Waals surface area contributed by atoms with Crippen molar-refractivity contribution in [1.29, 1.82) is 0 Å². The van der Waals surface area contributed by atoms with Crippen molar-refractivity contribution in [3.8, 4) is 5.75 Å². The first kappa shape index (κ1) is 14.8. The number of hydrogen-bond acceptors (Lipinski definition) is 1. The minimum absolute atomic E-state index is 0.501. The lowest BCUT2D eigenvalue weighted by molar-refractivity contribution is 0.407. The van der Waals surface area contributed by atoms with Gasteiger partial charge in [-0.1, -0.05) is 52.0 Å². The fraction of sp³-hybridized carbons (Fsp3) is 0.529. The fourth-order valence-corrected chi connectivity index (χ4v) is 2.17. The van der Waals surface area contributed by atoms with Crippen molar-refractivity contribution in [2.75, 3.05) is 7.11 Å². The van der Waals surface area contributed by atoms with E-state index in [-0.39, 0.29) is 0 Å². The van der Waals surface area contributed by atoms with Gasteiger partial charge in [0.2, 0.25) is 0 Å². The zero-order chi connectivity index (χ0) is 13.5. The van der Waals surface area contributed by atoms with Gasteiger partial charge in [-0.05, 0) is 41.9 Å². The second kappa shape index (κ2) is 7.25. The average molecular weight is 246 g/mol. The lowest BCUT2D eigenvalue weighted by atomic mass is 9.94. The summed E-state index contributed by atoms with van der Waals surface area (Å²) in [7, 11) is 1.74. The summed E-state index contributed by atoms with van der Waals surface area (Å²) in [5.74, 6) is 2.10. The standard InChI is InChI=1S/C17H26O/c1-6-7-8-14(4)11-15-9-10-17(18-5)16(12-15)13(2)3/h7-10,12-14H,6,11H2,1-5H3/b8-7-. The molecule has 0 fully saturated rings. The van der Waals surface area contributed by atoms with Crippen LogP contribution >= 0.6 is 0 Å². The van der Waals surface area contributed by atoms with Crippen LogP contribution in [-0.2, 0) is 6.42 Å². The first-order valence-electron chi connectivity index (χ1n) is 6.91. The highest BCUT2D eigenvalue weighted by atomic mass is 16.5. The molecule has 1 aromatic rings. The van der Waals surface area contributed by atoms with Crippen LogP contribution < -0.4 is 4.74 Å². The fourth-order valence-electron chi connectivity index (χ4n) is 2.17. The summed E-state index contributed by atoms with van der Waals surface area (Å²) in [4.78, 5) is 0. The predicted octanol–water partition coefficient (Wildman–Crippen LogP) is 4.96. The van der Waals surface area contributed by atoms with Crippen molar-refractivity contribution < 1.29 is 4.74 Å². The Bertz CT molecular complexity index is 391. The second-order valence-corrected chi connectivity index (χ2v) is 5.25. The minimum atomic E-state index is 0.501. The Kier molecular flexibility index (Phi) is 5.97. The Morgan fingerprint density at radius 3 is 2.50 bits per heavy atom. The van der Waals surface area contributed by atoms with E-state index < -0.39 is 0 Å². The Morgan fingerprint density at radius 1 is 1.22 bits per heavy atom. The number of hydrogen-bond donors (Lipinski definition) is 0. The SMILES string of the molecule is CC/C=C\C(C)Cc1ccc(OC)c(C(C)C)c1. The molecule has 0 heterocycles. The molecule has 1 aromatic carbocycles. The monoisotopic (exact) mass is 246 g/mol. The number of benzene rings is 1. The summed E-state index contributed by atoms with van der Waals surface area (Å²) >= 11 is 0. The van der Waals surface area contributed by atoms with Gasteiger partial charge in [0, 0.05) is 0 Å². The molecular weight excluding hydrogens is 220 g/mol. The smallest absolute Gasteiger partial charge is 0.122 e. The van der Waals surface area contributed by atoms with Gasteiger partial charge in [0.15, 0.2) is 0 Å². The summed E-state index contributed by atoms with van der Waals surface area (Å²) in [5, 5.41) is 0. The van der Waals surface area contributed by atoms with E-state index in [2.05, 4.69) is 58.0 Å². The van der Waals surface area contributed by atoms with Crippen molar-refractivity contribution in [2.45, 2.75) is 46.5 Å². The van der Waals surface area contributed by atoms with Crippen molar-refractivity contribution >= 4 is 0 Å². The Balaban J connectivity index is 2.84. The van der Waals surface area contributed by atoms with E-state index >= 15 is 0 Å². The summed E-state index contributed by atoms with van der Waals surface area (Å²) in [6.07, 6.45) is 6.77. The van der Waals surface area contributed by atoms with E-state index in [0.717, 1.165) is 18.6 Å². The molecule has 0 bridgehead atoms. The normalized spacial score (nSPS) is 13.2. The zero-order valence-corrected chi connectivity index (χ0v) is 12.4. The van der Waals surface area contributed by atoms with Crippen LogP contribution in [0.1, 0.15) is 51.2 Å². The maximum absolute atomic E-state index is 5.42. The first-order valence-corrected chi connectivity index (χ1v) is 6.91. The lowest BCUT2D eigenvalue weighted by Gasteiger charge is -2.14. The first-order chi connectivity index (χ1) is 8.58. The molecule has 0 saturated heterocycles. The molecule has 18 heavy (non-hydrogen) atoms. The third-order valence-corrected chi connectivity index (χ3v) is 3.17. The van der Waals surface area contributed by atoms with Gasteiger partial charge in [-0.2, -0.15) is 0 Å². The molecule has 0 spiro atoms. The highest BCUT2D eigenvalue weighted by molar-refractivity contribution is 5.39. The third-order valence-electron chi connectivity index (χ3n) is 3.17. The van der Waals surface area contributed by atoms with Crippen LogP contribution in [0.2, 0.25) is 0 Å². The minimum Gasteiger partial charge on any atom is -0.496 e. The van der Waals surface area contributed by atoms with Crippen molar-refractivity contribution in [3.63, 3.8) is 0 Å². The molecular formula is C17H26O. The van der Waals surface area contributed by atoms with Gasteiger partial charge < -0.3 is 4.74 Å². The summed E-state index contributed by atoms with van der Waals surface area (Å²) in [6.45, 7) is 8.86. The van der Waals surface area contributed by atoms with Gasteiger partial charge in [0.05, 0.1) is 7.11 Å². The summed E-state index contributed by atoms with van der Waals surface area (Å²) < 4.78 is 5.42. The second-order valence-electron chi connectivity index (χ2n) is 5.25. The molecule has 0 aliphatic heterocycles. The van der Waals surface area contributed by atoms with Crippen LogP contribution in [0.5, 0.6) is 5.75 Å². The number of rotatable bonds is 6. The molecule has 0 amide bonds. The highest BCUT2D eigenvalue weighted by Crippen LogP contribution is 2.28. The largest absolute Gasteiger partial charge is 0.496 e. The summed E-state index contributed by atoms with van der Waals surface area (Å²) in [5.41, 5.74) is 2.70. The zero-order valence-electron chi connectivity index (χ0n) is 12.4. The number of allylic oxidation sites excluding steroid dienone is 2. The van der Waals surface area contributed by atoms with Gasteiger partial charge in [-0.15, -0.1) is 0 Å². The van der Waals surface area contributed by atoms with Gasteiger partial charge in [-0.25, -0.2) is 0 Å². The molecule has 1 atom stereocenters. The van der Waals surface area contributed by atoms with Crippen LogP contribution in [0.3, 0.4) is 0 Å². The maximum atomic E-state index is 5.42. The topological polar surface area (TPSA) is 9.23 Å². The van der Waals surface area contributed by atoms with Crippen LogP contribution in [-0.4, -0.2) is 7.11 Å². The quantitative estimate of drug-likeness (QED) is 0.644. The molecule has 0 aliphatic rings. The Hall–Kier alpha value is -1.24. The molecule has 100 valence electrons. The Morgan fingerprint density at radius 2 is 1.94 bits per heavy atom. The van der Waals surface area contributed by atoms with E-state index in [1.165, 1.54) is 11.1 Å². The molecule has 1 nitrogen and oxygen atoms in total. The van der Waals surface area contributed by atoms with E-state index in [0.29, 0.717) is 11.8 Å². The number of methoxy groups -OCH3 is 1. The van der Waals surface area contributed by atoms with Crippen LogP contribution in [0.25, 0.3) is 0 Å². The van der Waals surface area contributed by atoms with Gasteiger partial charge in [-0.3, -0.25) is 0 Å². The van der Waals surface area contributed by atoms with Gasteiger partial charge in [0.25, 0.3) is 0 Å². The van der Waals surface area contributed by atoms with Crippen molar-refractivity contribution in [2.24, 2.45) is 5.92 Å². The van der Waals surface area contributed by atoms with Crippen LogP contribution in [0.4, 0.5) is 0 Å². The molecule has 1 heteroatoms. The van der Waals surface area contributed by atoms with Gasteiger partial charge in [0.1, 0.15) is 5.75 Å². The van der Waals surface area contributed by atoms with E-state index in [4.69, 9.17) is 4.74 Å². The molecule has 0 aliphatic carbocycles. The lowest BCUT2D eigenvalue weighted by Crippen LogP contribution is -2.00. The molecule has 0 saturated carbocycles. The average Bonchev–Trinajstić information content (AvgIpc) is 2.36. The predicted molar refractivity (Wildman–Crippen MR) is 79.4 cm³/mol. The number of ether oxygens (including phenoxy) is 1. The van der Waals surface area contributed by atoms with Crippen molar-refractivity contribution in [1.82, 2.24) is 0 Å². The summed E-state index contributed by atoms with van der Waals surface area (Å²) in [6, 6.07) is 6.57. The van der Waals surface area contributed by atoms with Crippen LogP contribution in [0, 0.1) is 5.92 Å². The molecule has 0 N–H and O–H groups in total. The maximum Gasteiger partial charge on any atom is 0.122 e. The molecule has 0 radical (unpaired) electrons. The van der Waals surface area contributed by atoms with Gasteiger partial charge >= 0.3 is 0 Å².